The predicted molar refractivity (Wildman–Crippen MR) is 67.5 cm³/mol. The largest absolute Gasteiger partial charge is 0.441 e. The summed E-state index contributed by atoms with van der Waals surface area (Å²) < 4.78 is 38.0. The zero-order valence-electron chi connectivity index (χ0n) is 10.7. The molecule has 0 amide bonds. The lowest BCUT2D eigenvalue weighted by molar-refractivity contribution is -0.0328. The van der Waals surface area contributed by atoms with Crippen LogP contribution < -0.4 is 5.32 Å². The van der Waals surface area contributed by atoms with Gasteiger partial charge in [0.2, 0.25) is 0 Å². The Morgan fingerprint density at radius 2 is 2.11 bits per heavy atom. The molecule has 0 aliphatic carbocycles. The van der Waals surface area contributed by atoms with E-state index < -0.39 is 5.51 Å². The Morgan fingerprint density at radius 1 is 1.44 bits per heavy atom. The van der Waals surface area contributed by atoms with Gasteiger partial charge in [-0.05, 0) is 18.7 Å². The van der Waals surface area contributed by atoms with Gasteiger partial charge < -0.3 is 9.88 Å². The van der Waals surface area contributed by atoms with Crippen molar-refractivity contribution in [1.29, 1.82) is 0 Å². The summed E-state index contributed by atoms with van der Waals surface area (Å²) in [6, 6.07) is 0.332. The molecular formula is C11H18F3N3S. The van der Waals surface area contributed by atoms with Crippen molar-refractivity contribution >= 4 is 11.8 Å². The van der Waals surface area contributed by atoms with Crippen LogP contribution in [0.15, 0.2) is 6.20 Å². The van der Waals surface area contributed by atoms with Crippen molar-refractivity contribution < 1.29 is 13.2 Å². The van der Waals surface area contributed by atoms with Gasteiger partial charge >= 0.3 is 5.51 Å². The minimum Gasteiger partial charge on any atom is -0.330 e. The van der Waals surface area contributed by atoms with Gasteiger partial charge in [0.15, 0.2) is 0 Å². The lowest BCUT2D eigenvalue weighted by atomic mass is 10.3. The van der Waals surface area contributed by atoms with Crippen LogP contribution in [0.4, 0.5) is 13.2 Å². The van der Waals surface area contributed by atoms with Gasteiger partial charge in [0.25, 0.3) is 0 Å². The average Bonchev–Trinajstić information content (AvgIpc) is 2.56. The highest BCUT2D eigenvalue weighted by Crippen LogP contribution is 2.30. The molecule has 0 saturated carbocycles. The van der Waals surface area contributed by atoms with Crippen LogP contribution in [0, 0.1) is 6.92 Å². The topological polar surface area (TPSA) is 29.9 Å². The smallest absolute Gasteiger partial charge is 0.330 e. The van der Waals surface area contributed by atoms with Crippen LogP contribution in [-0.2, 0) is 13.1 Å². The summed E-state index contributed by atoms with van der Waals surface area (Å²) in [5.74, 6) is 0.758. The van der Waals surface area contributed by atoms with Crippen LogP contribution in [0.5, 0.6) is 0 Å². The van der Waals surface area contributed by atoms with E-state index in [1.807, 2.05) is 18.4 Å². The van der Waals surface area contributed by atoms with Gasteiger partial charge in [0.05, 0.1) is 5.69 Å². The number of hydrogen-bond donors (Lipinski definition) is 1. The number of aromatic nitrogens is 2. The quantitative estimate of drug-likeness (QED) is 0.869. The SMILES string of the molecule is Cc1ncc(CNC(C)C)n1CCSC(F)(F)F. The third kappa shape index (κ3) is 5.30. The van der Waals surface area contributed by atoms with Crippen molar-refractivity contribution in [2.24, 2.45) is 0 Å². The highest BCUT2D eigenvalue weighted by Gasteiger charge is 2.27. The summed E-state index contributed by atoms with van der Waals surface area (Å²) in [6.45, 7) is 6.79. The van der Waals surface area contributed by atoms with E-state index in [0.29, 0.717) is 19.1 Å². The molecule has 0 atom stereocenters. The molecule has 0 unspecified atom stereocenters. The Bertz CT molecular complexity index is 374. The molecule has 1 aromatic heterocycles. The maximum Gasteiger partial charge on any atom is 0.441 e. The molecule has 1 rings (SSSR count). The van der Waals surface area contributed by atoms with Crippen LogP contribution in [-0.4, -0.2) is 26.9 Å². The van der Waals surface area contributed by atoms with Gasteiger partial charge in [-0.2, -0.15) is 13.2 Å². The van der Waals surface area contributed by atoms with Gasteiger partial charge in [-0.25, -0.2) is 4.98 Å². The van der Waals surface area contributed by atoms with Gasteiger partial charge in [0, 0.05) is 31.1 Å². The molecule has 7 heteroatoms. The molecule has 0 bridgehead atoms. The van der Waals surface area contributed by atoms with E-state index in [0.717, 1.165) is 11.5 Å². The second-order valence-electron chi connectivity index (χ2n) is 4.28. The second-order valence-corrected chi connectivity index (χ2v) is 5.44. The number of hydrogen-bond acceptors (Lipinski definition) is 3. The molecule has 0 aromatic carbocycles. The molecular weight excluding hydrogens is 263 g/mol. The fourth-order valence-corrected chi connectivity index (χ4v) is 2.03. The number of rotatable bonds is 6. The van der Waals surface area contributed by atoms with E-state index in [2.05, 4.69) is 10.3 Å². The third-order valence-corrected chi connectivity index (χ3v) is 3.12. The number of halogens is 3. The molecule has 0 fully saturated rings. The highest BCUT2D eigenvalue weighted by molar-refractivity contribution is 8.00. The summed E-state index contributed by atoms with van der Waals surface area (Å²) in [4.78, 5) is 4.14. The van der Waals surface area contributed by atoms with Crippen LogP contribution in [0.2, 0.25) is 0 Å². The van der Waals surface area contributed by atoms with Crippen molar-refractivity contribution in [1.82, 2.24) is 14.9 Å². The molecule has 0 radical (unpaired) electrons. The lowest BCUT2D eigenvalue weighted by Crippen LogP contribution is -2.24. The summed E-state index contributed by atoms with van der Waals surface area (Å²) in [5.41, 5.74) is -3.24. The summed E-state index contributed by atoms with van der Waals surface area (Å²) in [7, 11) is 0. The maximum absolute atomic E-state index is 12.1. The van der Waals surface area contributed by atoms with E-state index in [-0.39, 0.29) is 17.5 Å². The van der Waals surface area contributed by atoms with Crippen molar-refractivity contribution in [3.63, 3.8) is 0 Å². The molecule has 18 heavy (non-hydrogen) atoms. The summed E-state index contributed by atoms with van der Waals surface area (Å²) >= 11 is 0.00458. The lowest BCUT2D eigenvalue weighted by Gasteiger charge is -2.13. The average molecular weight is 281 g/mol. The van der Waals surface area contributed by atoms with Crippen molar-refractivity contribution in [3.8, 4) is 0 Å². The van der Waals surface area contributed by atoms with Crippen LogP contribution in [0.25, 0.3) is 0 Å². The van der Waals surface area contributed by atoms with Crippen molar-refractivity contribution in [2.45, 2.75) is 45.4 Å². The molecule has 104 valence electrons. The van der Waals surface area contributed by atoms with E-state index in [1.54, 1.807) is 13.1 Å². The Labute approximate surface area is 109 Å². The first-order chi connectivity index (χ1) is 8.29. The Hall–Kier alpha value is -0.690. The zero-order chi connectivity index (χ0) is 13.8. The monoisotopic (exact) mass is 281 g/mol. The third-order valence-electron chi connectivity index (χ3n) is 2.41. The maximum atomic E-state index is 12.1. The normalized spacial score (nSPS) is 12.4. The highest BCUT2D eigenvalue weighted by atomic mass is 32.2. The van der Waals surface area contributed by atoms with E-state index in [4.69, 9.17) is 0 Å². The molecule has 1 N–H and O–H groups in total. The zero-order valence-corrected chi connectivity index (χ0v) is 11.5. The first-order valence-corrected chi connectivity index (χ1v) is 6.73. The molecule has 0 saturated heterocycles. The summed E-state index contributed by atoms with van der Waals surface area (Å²) in [5, 5.41) is 3.23. The van der Waals surface area contributed by atoms with Gasteiger partial charge in [-0.1, -0.05) is 13.8 Å². The van der Waals surface area contributed by atoms with E-state index in [1.165, 1.54) is 0 Å². The van der Waals surface area contributed by atoms with Gasteiger partial charge in [0.1, 0.15) is 5.82 Å². The Morgan fingerprint density at radius 3 is 2.67 bits per heavy atom. The van der Waals surface area contributed by atoms with Crippen LogP contribution in [0.3, 0.4) is 0 Å². The summed E-state index contributed by atoms with van der Waals surface area (Å²) in [6.07, 6.45) is 1.71. The second kappa shape index (κ2) is 6.47. The molecule has 0 spiro atoms. The molecule has 3 nitrogen and oxygen atoms in total. The van der Waals surface area contributed by atoms with Gasteiger partial charge in [-0.15, -0.1) is 0 Å². The van der Waals surface area contributed by atoms with Gasteiger partial charge in [-0.3, -0.25) is 0 Å². The van der Waals surface area contributed by atoms with E-state index in [9.17, 15) is 13.2 Å². The fraction of sp³-hybridized carbons (Fsp3) is 0.727. The Balaban J connectivity index is 2.55. The Kier molecular flexibility index (Phi) is 5.52. The number of nitrogens with one attached hydrogen (secondary N) is 1. The fourth-order valence-electron chi connectivity index (χ4n) is 1.52. The minimum atomic E-state index is -4.16. The number of alkyl halides is 3. The first kappa shape index (κ1) is 15.4. The van der Waals surface area contributed by atoms with Crippen LogP contribution in [0.1, 0.15) is 25.4 Å². The van der Waals surface area contributed by atoms with Crippen LogP contribution >= 0.6 is 11.8 Å². The number of thioether (sulfide) groups is 1. The standard InChI is InChI=1S/C11H18F3N3S/c1-8(2)15-6-10-7-16-9(3)17(10)4-5-18-11(12,13)14/h7-8,15H,4-6H2,1-3H3. The number of imidazole rings is 1. The molecule has 0 aliphatic rings. The number of aryl methyl sites for hydroxylation is 1. The molecule has 1 heterocycles. The minimum absolute atomic E-state index is 0.00458. The van der Waals surface area contributed by atoms with Crippen molar-refractivity contribution in [3.05, 3.63) is 17.7 Å². The molecule has 0 aliphatic heterocycles. The predicted octanol–water partition coefficient (Wildman–Crippen LogP) is 2.94. The number of nitrogens with zero attached hydrogens (tertiary/aromatic N) is 2. The molecule has 1 aromatic rings. The van der Waals surface area contributed by atoms with E-state index >= 15 is 0 Å². The first-order valence-electron chi connectivity index (χ1n) is 5.74. The van der Waals surface area contributed by atoms with Crippen molar-refractivity contribution in [2.75, 3.05) is 5.75 Å².